The first kappa shape index (κ1) is 27.7. The Balaban J connectivity index is 1.55. The molecule has 0 heterocycles. The molecule has 1 aliphatic carbocycles. The summed E-state index contributed by atoms with van der Waals surface area (Å²) in [5, 5.41) is -0.0799. The minimum atomic E-state index is -2.24. The third-order valence-electron chi connectivity index (χ3n) is 8.05. The lowest BCUT2D eigenvalue weighted by Gasteiger charge is -2.36. The van der Waals surface area contributed by atoms with Crippen molar-refractivity contribution in [1.82, 2.24) is 0 Å². The molecule has 3 aromatic carbocycles. The van der Waals surface area contributed by atoms with Crippen molar-refractivity contribution in [2.24, 2.45) is 0 Å². The van der Waals surface area contributed by atoms with E-state index in [9.17, 15) is 4.80 Å². The van der Waals surface area contributed by atoms with Crippen LogP contribution in [0.2, 0.25) is 18.1 Å². The lowest BCUT2D eigenvalue weighted by atomic mass is 9.81. The van der Waals surface area contributed by atoms with Gasteiger partial charge in [-0.25, -0.2) is 0 Å². The van der Waals surface area contributed by atoms with Crippen molar-refractivity contribution in [2.75, 3.05) is 14.2 Å². The monoisotopic (exact) mass is 576 g/mol. The highest BCUT2D eigenvalue weighted by Crippen LogP contribution is 2.41. The maximum Gasteiger partial charge on any atom is 0.188 e. The highest BCUT2D eigenvalue weighted by Gasteiger charge is 2.38. The van der Waals surface area contributed by atoms with E-state index in [1.807, 2.05) is 25.2 Å². The molecule has 0 unspecified atom stereocenters. The molecule has 5 heteroatoms. The molecule has 0 radical (unpaired) electrons. The van der Waals surface area contributed by atoms with Crippen LogP contribution in [0.1, 0.15) is 30.5 Å². The van der Waals surface area contributed by atoms with Crippen molar-refractivity contribution < 1.29 is 14.3 Å². The molecule has 0 aromatic heterocycles. The largest absolute Gasteiger partial charge is 0.432 e. The normalized spacial score (nSPS) is 21.8. The number of methoxy groups -OCH3 is 2. The summed E-state index contributed by atoms with van der Waals surface area (Å²) in [7, 11) is 1.22. The zero-order chi connectivity index (χ0) is 26.9. The number of hydrogen-bond acceptors (Lipinski definition) is 3. The Morgan fingerprint density at radius 1 is 0.703 bits per heavy atom. The fourth-order valence-corrected chi connectivity index (χ4v) is 5.58. The van der Waals surface area contributed by atoms with E-state index >= 15 is 0 Å². The predicted molar refractivity (Wildman–Crippen MR) is 159 cm³/mol. The van der Waals surface area contributed by atoms with E-state index < -0.39 is 19.5 Å². The molecule has 4 rings (SSSR count). The minimum absolute atomic E-state index is 0.0799. The van der Waals surface area contributed by atoms with Crippen LogP contribution >= 0.6 is 15.9 Å². The predicted octanol–water partition coefficient (Wildman–Crippen LogP) is 8.15. The Morgan fingerprint density at radius 3 is 1.46 bits per heavy atom. The topological polar surface area (TPSA) is 38.7 Å². The van der Waals surface area contributed by atoms with Crippen LogP contribution in [0.5, 0.6) is 0 Å². The van der Waals surface area contributed by atoms with Crippen LogP contribution < -0.4 is 0 Å². The Hall–Kier alpha value is -2.28. The zero-order valence-corrected chi connectivity index (χ0v) is 25.2. The van der Waals surface area contributed by atoms with Crippen LogP contribution in [-0.2, 0) is 27.1 Å². The highest BCUT2D eigenvalue weighted by atomic mass is 79.9. The first-order chi connectivity index (χ1) is 17.4. The van der Waals surface area contributed by atoms with E-state index in [1.165, 1.54) is 11.1 Å². The van der Waals surface area contributed by atoms with Crippen LogP contribution in [0.3, 0.4) is 0 Å². The van der Waals surface area contributed by atoms with Gasteiger partial charge in [-0.15, -0.1) is 0 Å². The second-order valence-corrected chi connectivity index (χ2v) is 16.4. The van der Waals surface area contributed by atoms with Crippen molar-refractivity contribution in [3.63, 3.8) is 0 Å². The minimum Gasteiger partial charge on any atom is -0.432 e. The first-order valence-electron chi connectivity index (χ1n) is 12.6. The van der Waals surface area contributed by atoms with E-state index in [0.29, 0.717) is 0 Å². The molecule has 37 heavy (non-hydrogen) atoms. The van der Waals surface area contributed by atoms with Crippen molar-refractivity contribution in [1.29, 1.82) is 0 Å². The van der Waals surface area contributed by atoms with E-state index in [-0.39, 0.29) is 5.04 Å². The van der Waals surface area contributed by atoms with Crippen molar-refractivity contribution >= 4 is 24.2 Å². The van der Waals surface area contributed by atoms with Gasteiger partial charge >= 0.3 is 0 Å². The summed E-state index contributed by atoms with van der Waals surface area (Å²) in [5.41, 5.74) is 4.40. The second kappa shape index (κ2) is 10.5. The molecule has 0 aliphatic heterocycles. The van der Waals surface area contributed by atoms with Gasteiger partial charge in [0.1, 0.15) is 11.2 Å². The zero-order valence-electron chi connectivity index (χ0n) is 22.6. The number of benzene rings is 3. The summed E-state index contributed by atoms with van der Waals surface area (Å²) >= 11 is 3.51. The maximum absolute atomic E-state index is 10.6. The Bertz CT molecular complexity index is 1250. The van der Waals surface area contributed by atoms with Crippen LogP contribution in [0.15, 0.2) is 102 Å². The molecule has 0 saturated heterocycles. The number of rotatable bonds is 8. The van der Waals surface area contributed by atoms with Gasteiger partial charge in [0.05, 0.1) is 0 Å². The molecule has 1 N–H and O–H groups in total. The van der Waals surface area contributed by atoms with Gasteiger partial charge in [0, 0.05) is 18.7 Å². The number of hydrogen-bond donors (Lipinski definition) is 1. The summed E-state index contributed by atoms with van der Waals surface area (Å²) in [5.74, 6) is 0. The van der Waals surface area contributed by atoms with E-state index in [1.54, 1.807) is 14.2 Å². The van der Waals surface area contributed by atoms with Crippen molar-refractivity contribution in [2.45, 2.75) is 49.6 Å². The SMILES string of the molecule is CO[C@]1(c2ccc(Br)cc2)C=C[C@@](OC)(c2ccc(-c3ccc(CC(C)(C)[Si](C)(C)O)cc3)cc2)C=C1. The van der Waals surface area contributed by atoms with Crippen LogP contribution in [0.4, 0.5) is 0 Å². The van der Waals surface area contributed by atoms with E-state index in [0.717, 1.165) is 27.6 Å². The summed E-state index contributed by atoms with van der Waals surface area (Å²) in [4.78, 5) is 10.6. The average Bonchev–Trinajstić information content (AvgIpc) is 2.89. The Labute approximate surface area is 231 Å². The average molecular weight is 578 g/mol. The van der Waals surface area contributed by atoms with Crippen LogP contribution in [-0.4, -0.2) is 27.3 Å². The van der Waals surface area contributed by atoms with Crippen molar-refractivity contribution in [3.05, 3.63) is 118 Å². The maximum atomic E-state index is 10.6. The van der Waals surface area contributed by atoms with Crippen molar-refractivity contribution in [3.8, 4) is 11.1 Å². The van der Waals surface area contributed by atoms with E-state index in [2.05, 4.69) is 115 Å². The lowest BCUT2D eigenvalue weighted by Crippen LogP contribution is -2.40. The quantitative estimate of drug-likeness (QED) is 0.217. The van der Waals surface area contributed by atoms with Gasteiger partial charge in [-0.3, -0.25) is 0 Å². The lowest BCUT2D eigenvalue weighted by molar-refractivity contribution is 0.0421. The smallest absolute Gasteiger partial charge is 0.188 e. The van der Waals surface area contributed by atoms with Gasteiger partial charge in [0.25, 0.3) is 0 Å². The van der Waals surface area contributed by atoms with Gasteiger partial charge in [0.15, 0.2) is 8.32 Å². The van der Waals surface area contributed by atoms with Crippen LogP contribution in [0, 0.1) is 0 Å². The number of halogens is 1. The second-order valence-electron chi connectivity index (χ2n) is 11.1. The Kier molecular flexibility index (Phi) is 7.85. The molecule has 0 fully saturated rings. The summed E-state index contributed by atoms with van der Waals surface area (Å²) in [6.07, 6.45) is 9.18. The summed E-state index contributed by atoms with van der Waals surface area (Å²) in [6, 6.07) is 25.4. The molecule has 3 nitrogen and oxygen atoms in total. The van der Waals surface area contributed by atoms with Gasteiger partial charge in [-0.1, -0.05) is 90.4 Å². The molecule has 0 atom stereocenters. The summed E-state index contributed by atoms with van der Waals surface area (Å²) in [6.45, 7) is 8.37. The number of ether oxygens (including phenoxy) is 2. The molecule has 0 amide bonds. The van der Waals surface area contributed by atoms with Gasteiger partial charge in [-0.2, -0.15) is 0 Å². The van der Waals surface area contributed by atoms with Gasteiger partial charge in [0.2, 0.25) is 0 Å². The highest BCUT2D eigenvalue weighted by molar-refractivity contribution is 9.10. The van der Waals surface area contributed by atoms with E-state index in [4.69, 9.17) is 9.47 Å². The summed E-state index contributed by atoms with van der Waals surface area (Å²) < 4.78 is 13.0. The molecule has 3 aromatic rings. The molecular formula is C32H37BrO3Si. The van der Waals surface area contributed by atoms with Gasteiger partial charge < -0.3 is 14.3 Å². The fraction of sp³-hybridized carbons (Fsp3) is 0.312. The Morgan fingerprint density at radius 2 is 1.08 bits per heavy atom. The first-order valence-corrected chi connectivity index (χ1v) is 16.4. The molecule has 0 saturated carbocycles. The molecule has 194 valence electrons. The third kappa shape index (κ3) is 5.62. The standard InChI is InChI=1S/C32H37BrO3Si/c1-30(2,37(5,6)34)23-24-7-9-25(10-8-24)26-11-13-27(14-12-26)31(35-3)19-21-32(36-4,22-20-31)28-15-17-29(33)18-16-28/h7-22,34H,23H2,1-6H3/t31-,32+. The fourth-order valence-electron chi connectivity index (χ4n) is 4.67. The molecule has 0 bridgehead atoms. The molecule has 1 aliphatic rings. The van der Waals surface area contributed by atoms with Crippen LogP contribution in [0.25, 0.3) is 11.1 Å². The third-order valence-corrected chi connectivity index (χ3v) is 12.1. The molecular weight excluding hydrogens is 540 g/mol. The van der Waals surface area contributed by atoms with Gasteiger partial charge in [-0.05, 0) is 88.8 Å². The molecule has 0 spiro atoms.